The first-order chi connectivity index (χ1) is 14.5. The van der Waals surface area contributed by atoms with Crippen molar-refractivity contribution in [3.8, 4) is 5.75 Å². The van der Waals surface area contributed by atoms with E-state index >= 15 is 0 Å². The lowest BCUT2D eigenvalue weighted by Gasteiger charge is -2.12. The second-order valence-corrected chi connectivity index (χ2v) is 8.47. The first kappa shape index (κ1) is 20.2. The van der Waals surface area contributed by atoms with E-state index in [1.54, 1.807) is 18.9 Å². The van der Waals surface area contributed by atoms with Crippen molar-refractivity contribution in [2.45, 2.75) is 37.1 Å². The van der Waals surface area contributed by atoms with E-state index in [2.05, 4.69) is 31.3 Å². The van der Waals surface area contributed by atoms with Crippen molar-refractivity contribution in [2.75, 3.05) is 7.11 Å². The standard InChI is InChI=1S/C25H24N2O2S/c1-15-5-6-16(2)24-23(15)17(3)27-21-13-19(9-12-22(21)30-24)25(28)26-14-18-7-10-20(29-4)11-8-18/h5-13H,14H2,1-4H3,(H,26,28). The van der Waals surface area contributed by atoms with Crippen LogP contribution in [0.15, 0.2) is 69.4 Å². The maximum atomic E-state index is 12.7. The zero-order valence-electron chi connectivity index (χ0n) is 17.6. The molecular formula is C25H24N2O2S. The van der Waals surface area contributed by atoms with Gasteiger partial charge in [-0.25, -0.2) is 0 Å². The molecule has 0 aliphatic carbocycles. The lowest BCUT2D eigenvalue weighted by Crippen LogP contribution is -2.22. The summed E-state index contributed by atoms with van der Waals surface area (Å²) >= 11 is 1.72. The molecule has 0 saturated carbocycles. The van der Waals surface area contributed by atoms with Crippen LogP contribution in [0.25, 0.3) is 0 Å². The molecule has 30 heavy (non-hydrogen) atoms. The van der Waals surface area contributed by atoms with Gasteiger partial charge in [0.05, 0.1) is 12.8 Å². The third kappa shape index (κ3) is 3.98. The van der Waals surface area contributed by atoms with E-state index in [1.165, 1.54) is 21.6 Å². The molecule has 4 rings (SSSR count). The molecule has 0 bridgehead atoms. The first-order valence-corrected chi connectivity index (χ1v) is 10.7. The minimum Gasteiger partial charge on any atom is -0.497 e. The zero-order chi connectivity index (χ0) is 21.3. The largest absolute Gasteiger partial charge is 0.497 e. The van der Waals surface area contributed by atoms with E-state index in [1.807, 2.05) is 49.4 Å². The van der Waals surface area contributed by atoms with E-state index < -0.39 is 0 Å². The van der Waals surface area contributed by atoms with Crippen molar-refractivity contribution >= 4 is 29.1 Å². The Morgan fingerprint density at radius 3 is 2.47 bits per heavy atom. The molecule has 0 unspecified atom stereocenters. The van der Waals surface area contributed by atoms with Gasteiger partial charge in [-0.15, -0.1) is 0 Å². The van der Waals surface area contributed by atoms with E-state index in [-0.39, 0.29) is 5.91 Å². The van der Waals surface area contributed by atoms with Gasteiger partial charge in [-0.3, -0.25) is 9.79 Å². The number of aliphatic imine (C=N–C) groups is 1. The number of hydrogen-bond donors (Lipinski definition) is 1. The maximum Gasteiger partial charge on any atom is 0.251 e. The van der Waals surface area contributed by atoms with Gasteiger partial charge in [0.2, 0.25) is 0 Å². The number of nitrogens with zero attached hydrogens (tertiary/aromatic N) is 1. The molecule has 1 amide bonds. The summed E-state index contributed by atoms with van der Waals surface area (Å²) in [5, 5.41) is 2.99. The number of carbonyl (C=O) groups is 1. The minimum atomic E-state index is -0.111. The number of nitrogens with one attached hydrogen (secondary N) is 1. The Morgan fingerprint density at radius 2 is 1.73 bits per heavy atom. The van der Waals surface area contributed by atoms with Gasteiger partial charge in [-0.2, -0.15) is 0 Å². The summed E-state index contributed by atoms with van der Waals surface area (Å²) in [5.74, 6) is 0.689. The van der Waals surface area contributed by atoms with Crippen molar-refractivity contribution in [1.82, 2.24) is 5.32 Å². The Balaban J connectivity index is 1.57. The van der Waals surface area contributed by atoms with Gasteiger partial charge in [-0.05, 0) is 67.8 Å². The minimum absolute atomic E-state index is 0.111. The number of benzene rings is 3. The highest BCUT2D eigenvalue weighted by molar-refractivity contribution is 7.99. The molecule has 1 N–H and O–H groups in total. The molecule has 3 aromatic rings. The van der Waals surface area contributed by atoms with Crippen LogP contribution in [0.1, 0.15) is 39.5 Å². The fourth-order valence-corrected chi connectivity index (χ4v) is 4.78. The molecule has 152 valence electrons. The van der Waals surface area contributed by atoms with Crippen molar-refractivity contribution in [3.05, 3.63) is 82.4 Å². The number of ether oxygens (including phenoxy) is 1. The smallest absolute Gasteiger partial charge is 0.251 e. The molecule has 4 nitrogen and oxygen atoms in total. The Morgan fingerprint density at radius 1 is 1.00 bits per heavy atom. The topological polar surface area (TPSA) is 50.7 Å². The van der Waals surface area contributed by atoms with Gasteiger partial charge >= 0.3 is 0 Å². The van der Waals surface area contributed by atoms with E-state index in [4.69, 9.17) is 9.73 Å². The molecule has 0 saturated heterocycles. The van der Waals surface area contributed by atoms with Crippen LogP contribution in [0.3, 0.4) is 0 Å². The number of carbonyl (C=O) groups excluding carboxylic acids is 1. The Hall–Kier alpha value is -3.05. The van der Waals surface area contributed by atoms with Gasteiger partial charge in [0.15, 0.2) is 0 Å². The number of fused-ring (bicyclic) bond motifs is 2. The summed E-state index contributed by atoms with van der Waals surface area (Å²) in [6.45, 7) is 6.74. The summed E-state index contributed by atoms with van der Waals surface area (Å²) in [6, 6.07) is 17.7. The normalized spacial score (nSPS) is 12.3. The monoisotopic (exact) mass is 416 g/mol. The molecule has 0 atom stereocenters. The van der Waals surface area contributed by atoms with Crippen molar-refractivity contribution in [1.29, 1.82) is 0 Å². The number of rotatable bonds is 4. The van der Waals surface area contributed by atoms with E-state index in [9.17, 15) is 4.79 Å². The van der Waals surface area contributed by atoms with Crippen molar-refractivity contribution in [2.24, 2.45) is 4.99 Å². The Labute approximate surface area is 181 Å². The fourth-order valence-electron chi connectivity index (χ4n) is 3.57. The maximum absolute atomic E-state index is 12.7. The van der Waals surface area contributed by atoms with Crippen molar-refractivity contribution in [3.63, 3.8) is 0 Å². The molecule has 1 heterocycles. The van der Waals surface area contributed by atoms with Gasteiger partial charge in [0.25, 0.3) is 5.91 Å². The highest BCUT2D eigenvalue weighted by atomic mass is 32.2. The second-order valence-electron chi connectivity index (χ2n) is 7.42. The Kier molecular flexibility index (Phi) is 5.64. The lowest BCUT2D eigenvalue weighted by atomic mass is 10.0. The lowest BCUT2D eigenvalue weighted by molar-refractivity contribution is 0.0951. The highest BCUT2D eigenvalue weighted by Gasteiger charge is 2.20. The molecule has 1 aliphatic rings. The molecule has 1 aliphatic heterocycles. The van der Waals surface area contributed by atoms with E-state index in [0.29, 0.717) is 12.1 Å². The number of amides is 1. The molecule has 3 aromatic carbocycles. The van der Waals surface area contributed by atoms with Gasteiger partial charge in [-0.1, -0.05) is 36.0 Å². The van der Waals surface area contributed by atoms with Gasteiger partial charge < -0.3 is 10.1 Å². The number of aryl methyl sites for hydroxylation is 2. The third-order valence-electron chi connectivity index (χ3n) is 5.26. The van der Waals surface area contributed by atoms with Gasteiger partial charge in [0.1, 0.15) is 5.75 Å². The van der Waals surface area contributed by atoms with Crippen LogP contribution in [0.5, 0.6) is 5.75 Å². The average molecular weight is 417 g/mol. The quantitative estimate of drug-likeness (QED) is 0.581. The van der Waals surface area contributed by atoms with Crippen LogP contribution in [-0.2, 0) is 6.54 Å². The van der Waals surface area contributed by atoms with Crippen LogP contribution >= 0.6 is 11.8 Å². The molecule has 0 fully saturated rings. The summed E-state index contributed by atoms with van der Waals surface area (Å²) in [6.07, 6.45) is 0. The summed E-state index contributed by atoms with van der Waals surface area (Å²) in [4.78, 5) is 19.9. The molecule has 0 spiro atoms. The number of hydrogen-bond acceptors (Lipinski definition) is 4. The second kappa shape index (κ2) is 8.36. The number of methoxy groups -OCH3 is 1. The molecule has 5 heteroatoms. The third-order valence-corrected chi connectivity index (χ3v) is 6.55. The summed E-state index contributed by atoms with van der Waals surface area (Å²) < 4.78 is 5.17. The average Bonchev–Trinajstić information content (AvgIpc) is 2.91. The van der Waals surface area contributed by atoms with Crippen LogP contribution in [0.4, 0.5) is 5.69 Å². The zero-order valence-corrected chi connectivity index (χ0v) is 18.4. The van der Waals surface area contributed by atoms with Crippen LogP contribution in [0.2, 0.25) is 0 Å². The van der Waals surface area contributed by atoms with Crippen LogP contribution in [0, 0.1) is 13.8 Å². The summed E-state index contributed by atoms with van der Waals surface area (Å²) in [5.41, 5.74) is 7.10. The van der Waals surface area contributed by atoms with Gasteiger partial charge in [0, 0.05) is 33.2 Å². The predicted molar refractivity (Wildman–Crippen MR) is 123 cm³/mol. The van der Waals surface area contributed by atoms with E-state index in [0.717, 1.165) is 27.6 Å². The Bertz CT molecular complexity index is 1150. The highest BCUT2D eigenvalue weighted by Crippen LogP contribution is 2.43. The van der Waals surface area contributed by atoms with Crippen LogP contribution in [-0.4, -0.2) is 18.7 Å². The SMILES string of the molecule is COc1ccc(CNC(=O)c2ccc3c(c2)N=C(C)c2c(C)ccc(C)c2S3)cc1. The molecule has 0 aromatic heterocycles. The summed E-state index contributed by atoms with van der Waals surface area (Å²) in [7, 11) is 1.64. The van der Waals surface area contributed by atoms with Crippen molar-refractivity contribution < 1.29 is 9.53 Å². The first-order valence-electron chi connectivity index (χ1n) is 9.85. The van der Waals surface area contributed by atoms with Crippen LogP contribution < -0.4 is 10.1 Å². The molecule has 0 radical (unpaired) electrons. The predicted octanol–water partition coefficient (Wildman–Crippen LogP) is 5.85. The molecular weight excluding hydrogens is 392 g/mol. The fraction of sp³-hybridized carbons (Fsp3) is 0.200.